The molecule has 4 aromatic rings. The summed E-state index contributed by atoms with van der Waals surface area (Å²) in [6, 6.07) is 17.8. The van der Waals surface area contributed by atoms with E-state index in [1.54, 1.807) is 18.2 Å². The molecule has 4 rings (SSSR count). The van der Waals surface area contributed by atoms with Crippen molar-refractivity contribution in [1.29, 1.82) is 0 Å². The van der Waals surface area contributed by atoms with Gasteiger partial charge in [-0.1, -0.05) is 36.4 Å². The molecule has 2 N–H and O–H groups in total. The number of nitrogens with one attached hydrogen (secondary N) is 1. The Kier molecular flexibility index (Phi) is 5.96. The highest BCUT2D eigenvalue weighted by Gasteiger charge is 2.15. The fourth-order valence-electron chi connectivity index (χ4n) is 3.16. The predicted octanol–water partition coefficient (Wildman–Crippen LogP) is 4.34. The number of aliphatic hydroxyl groups excluding tert-OH is 1. The highest BCUT2D eigenvalue weighted by molar-refractivity contribution is 7.99. The zero-order valence-corrected chi connectivity index (χ0v) is 17.0. The number of hydrazone groups is 1. The second-order valence-corrected chi connectivity index (χ2v) is 7.70. The number of thioether (sulfide) groups is 1. The molecule has 3 aromatic carbocycles. The van der Waals surface area contributed by atoms with Gasteiger partial charge < -0.3 is 9.52 Å². The molecule has 0 spiro atoms. The van der Waals surface area contributed by atoms with Crippen LogP contribution in [0.3, 0.4) is 0 Å². The van der Waals surface area contributed by atoms with Crippen LogP contribution in [0.25, 0.3) is 21.7 Å². The minimum atomic E-state index is -0.527. The number of nitro groups is 1. The zero-order valence-electron chi connectivity index (χ0n) is 16.1. The topological polar surface area (TPSA) is 118 Å². The summed E-state index contributed by atoms with van der Waals surface area (Å²) >= 11 is 1.19. The van der Waals surface area contributed by atoms with Crippen LogP contribution in [0.1, 0.15) is 16.1 Å². The molecule has 0 aliphatic rings. The van der Waals surface area contributed by atoms with Gasteiger partial charge in [0.05, 0.1) is 22.6 Å². The van der Waals surface area contributed by atoms with Gasteiger partial charge in [0.2, 0.25) is 0 Å². The Bertz CT molecular complexity index is 1320. The molecule has 31 heavy (non-hydrogen) atoms. The van der Waals surface area contributed by atoms with Crippen molar-refractivity contribution in [2.24, 2.45) is 5.10 Å². The van der Waals surface area contributed by atoms with E-state index in [1.807, 2.05) is 36.4 Å². The number of rotatable bonds is 7. The second kappa shape index (κ2) is 8.99. The first-order valence-corrected chi connectivity index (χ1v) is 10.3. The van der Waals surface area contributed by atoms with E-state index < -0.39 is 10.8 Å². The number of aliphatic hydroxyl groups is 1. The van der Waals surface area contributed by atoms with E-state index >= 15 is 0 Å². The number of carbonyl (C=O) groups is 1. The summed E-state index contributed by atoms with van der Waals surface area (Å²) < 4.78 is 5.65. The van der Waals surface area contributed by atoms with Gasteiger partial charge in [-0.3, -0.25) is 14.9 Å². The summed E-state index contributed by atoms with van der Waals surface area (Å²) in [5.74, 6) is -0.0525. The van der Waals surface area contributed by atoms with Crippen molar-refractivity contribution in [3.63, 3.8) is 0 Å². The quantitative estimate of drug-likeness (QED) is 0.193. The molecular formula is C22H17N3O5S. The molecule has 1 heterocycles. The minimum Gasteiger partial charge on any atom is -0.451 e. The van der Waals surface area contributed by atoms with Gasteiger partial charge in [-0.15, -0.1) is 11.8 Å². The molecule has 0 radical (unpaired) electrons. The van der Waals surface area contributed by atoms with Crippen LogP contribution in [0.5, 0.6) is 0 Å². The Hall–Kier alpha value is -3.69. The molecule has 1 aromatic heterocycles. The fraction of sp³-hybridized carbons (Fsp3) is 0.0909. The molecule has 1 amide bonds. The molecule has 9 heteroatoms. The fourth-order valence-corrected chi connectivity index (χ4v) is 3.92. The van der Waals surface area contributed by atoms with Gasteiger partial charge in [0.15, 0.2) is 5.76 Å². The number of fused-ring (bicyclic) bond motifs is 3. The summed E-state index contributed by atoms with van der Waals surface area (Å²) in [6.45, 7) is -0.0748. The van der Waals surface area contributed by atoms with Crippen LogP contribution in [-0.4, -0.2) is 34.5 Å². The van der Waals surface area contributed by atoms with E-state index in [-0.39, 0.29) is 18.1 Å². The smallest absolute Gasteiger partial charge is 0.307 e. The SMILES string of the molecule is O=C(N/N=C/c1ccc(SCCO)c([N+](=O)[O-])c1)c1cc2c(ccc3ccccc32)o1. The summed E-state index contributed by atoms with van der Waals surface area (Å²) in [7, 11) is 0. The van der Waals surface area contributed by atoms with Crippen LogP contribution >= 0.6 is 11.8 Å². The Balaban J connectivity index is 1.51. The molecule has 156 valence electrons. The molecule has 0 fully saturated rings. The van der Waals surface area contributed by atoms with Crippen LogP contribution in [-0.2, 0) is 0 Å². The number of hydrogen-bond donors (Lipinski definition) is 2. The Labute approximate surface area is 180 Å². The van der Waals surface area contributed by atoms with Gasteiger partial charge in [-0.2, -0.15) is 5.10 Å². The molecule has 0 atom stereocenters. The third-order valence-electron chi connectivity index (χ3n) is 4.56. The lowest BCUT2D eigenvalue weighted by molar-refractivity contribution is -0.387. The maximum absolute atomic E-state index is 12.4. The van der Waals surface area contributed by atoms with Gasteiger partial charge in [0.1, 0.15) is 5.58 Å². The van der Waals surface area contributed by atoms with Gasteiger partial charge in [0.25, 0.3) is 5.69 Å². The number of carbonyl (C=O) groups excluding carboxylic acids is 1. The average Bonchev–Trinajstić information content (AvgIpc) is 3.23. The second-order valence-electron chi connectivity index (χ2n) is 6.56. The van der Waals surface area contributed by atoms with E-state index in [4.69, 9.17) is 9.52 Å². The van der Waals surface area contributed by atoms with Crippen molar-refractivity contribution < 1.29 is 19.2 Å². The lowest BCUT2D eigenvalue weighted by Crippen LogP contribution is -2.16. The van der Waals surface area contributed by atoms with Crippen molar-refractivity contribution in [1.82, 2.24) is 5.43 Å². The third kappa shape index (κ3) is 4.42. The Morgan fingerprint density at radius 3 is 2.81 bits per heavy atom. The van der Waals surface area contributed by atoms with Crippen molar-refractivity contribution in [2.75, 3.05) is 12.4 Å². The molecule has 0 saturated carbocycles. The van der Waals surface area contributed by atoms with Gasteiger partial charge >= 0.3 is 5.91 Å². The average molecular weight is 435 g/mol. The summed E-state index contributed by atoms with van der Waals surface area (Å²) in [4.78, 5) is 23.7. The first-order chi connectivity index (χ1) is 15.1. The first-order valence-electron chi connectivity index (χ1n) is 9.33. The van der Waals surface area contributed by atoms with E-state index in [2.05, 4.69) is 10.5 Å². The Morgan fingerprint density at radius 2 is 2.00 bits per heavy atom. The van der Waals surface area contributed by atoms with E-state index in [1.165, 1.54) is 24.0 Å². The van der Waals surface area contributed by atoms with Crippen LogP contribution in [0.15, 0.2) is 75.1 Å². The van der Waals surface area contributed by atoms with E-state index in [9.17, 15) is 14.9 Å². The number of nitrogens with zero attached hydrogens (tertiary/aromatic N) is 2. The maximum Gasteiger partial charge on any atom is 0.307 e. The van der Waals surface area contributed by atoms with Crippen molar-refractivity contribution in [2.45, 2.75) is 4.90 Å². The molecule has 0 aliphatic heterocycles. The van der Waals surface area contributed by atoms with Gasteiger partial charge in [-0.25, -0.2) is 5.43 Å². The largest absolute Gasteiger partial charge is 0.451 e. The van der Waals surface area contributed by atoms with Crippen molar-refractivity contribution >= 4 is 51.3 Å². The monoisotopic (exact) mass is 435 g/mol. The van der Waals surface area contributed by atoms with Gasteiger partial charge in [0, 0.05) is 22.8 Å². The van der Waals surface area contributed by atoms with E-state index in [0.29, 0.717) is 21.8 Å². The van der Waals surface area contributed by atoms with Crippen LogP contribution in [0, 0.1) is 10.1 Å². The highest BCUT2D eigenvalue weighted by Crippen LogP contribution is 2.30. The number of nitro benzene ring substituents is 1. The number of amides is 1. The predicted molar refractivity (Wildman–Crippen MR) is 120 cm³/mol. The van der Waals surface area contributed by atoms with Crippen LogP contribution in [0.2, 0.25) is 0 Å². The normalized spacial score (nSPS) is 11.4. The molecule has 0 aliphatic carbocycles. The Morgan fingerprint density at radius 1 is 1.16 bits per heavy atom. The summed E-state index contributed by atoms with van der Waals surface area (Å²) in [6.07, 6.45) is 1.32. The van der Waals surface area contributed by atoms with Crippen LogP contribution < -0.4 is 5.43 Å². The maximum atomic E-state index is 12.4. The van der Waals surface area contributed by atoms with Crippen molar-refractivity contribution in [3.8, 4) is 0 Å². The molecule has 8 nitrogen and oxygen atoms in total. The standard InChI is InChI=1S/C22H17N3O5S/c26-9-10-31-21-8-5-14(11-18(21)25(28)29)13-23-24-22(27)20-12-17-16-4-2-1-3-15(16)6-7-19(17)30-20/h1-8,11-13,26H,9-10H2,(H,24,27)/b23-13+. The van der Waals surface area contributed by atoms with Crippen molar-refractivity contribution in [3.05, 3.63) is 82.1 Å². The number of hydrogen-bond acceptors (Lipinski definition) is 7. The van der Waals surface area contributed by atoms with Gasteiger partial charge in [-0.05, 0) is 29.0 Å². The molecule has 0 unspecified atom stereocenters. The summed E-state index contributed by atoms with van der Waals surface area (Å²) in [5, 5.41) is 26.9. The first kappa shape index (κ1) is 20.6. The zero-order chi connectivity index (χ0) is 21.8. The molecule has 0 bridgehead atoms. The highest BCUT2D eigenvalue weighted by atomic mass is 32.2. The van der Waals surface area contributed by atoms with E-state index in [0.717, 1.165) is 16.2 Å². The minimum absolute atomic E-state index is 0.0748. The molecular weight excluding hydrogens is 418 g/mol. The lowest BCUT2D eigenvalue weighted by atomic mass is 10.1. The lowest BCUT2D eigenvalue weighted by Gasteiger charge is -2.02. The molecule has 0 saturated heterocycles. The number of benzene rings is 3. The van der Waals surface area contributed by atoms with Crippen LogP contribution in [0.4, 0.5) is 5.69 Å². The third-order valence-corrected chi connectivity index (χ3v) is 5.60. The number of furan rings is 1. The summed E-state index contributed by atoms with van der Waals surface area (Å²) in [5.41, 5.74) is 3.35.